The molecule has 172 valence electrons. The van der Waals surface area contributed by atoms with Gasteiger partial charge in [0.05, 0.1) is 24.8 Å². The molecule has 2 aromatic heterocycles. The fourth-order valence-electron chi connectivity index (χ4n) is 4.00. The molecule has 2 aromatic carbocycles. The summed E-state index contributed by atoms with van der Waals surface area (Å²) in [6.07, 6.45) is 2.91. The topological polar surface area (TPSA) is 92.3 Å². The van der Waals surface area contributed by atoms with Gasteiger partial charge in [0.15, 0.2) is 5.13 Å². The Morgan fingerprint density at radius 1 is 1.09 bits per heavy atom. The summed E-state index contributed by atoms with van der Waals surface area (Å²) in [7, 11) is -3.56. The van der Waals surface area contributed by atoms with Gasteiger partial charge < -0.3 is 5.32 Å². The average Bonchev–Trinajstić information content (AvgIpc) is 3.41. The first-order chi connectivity index (χ1) is 15.8. The highest BCUT2D eigenvalue weighted by Crippen LogP contribution is 2.35. The van der Waals surface area contributed by atoms with Crippen molar-refractivity contribution in [3.63, 3.8) is 0 Å². The molecule has 1 N–H and O–H groups in total. The summed E-state index contributed by atoms with van der Waals surface area (Å²) < 4.78 is 29.5. The Morgan fingerprint density at radius 2 is 1.82 bits per heavy atom. The number of hydrogen-bond donors (Lipinski definition) is 1. The maximum Gasteiger partial charge on any atom is 0.243 e. The van der Waals surface area contributed by atoms with Gasteiger partial charge in [0.1, 0.15) is 5.52 Å². The number of benzene rings is 2. The first-order valence-electron chi connectivity index (χ1n) is 10.5. The molecule has 0 bridgehead atoms. The van der Waals surface area contributed by atoms with E-state index in [0.717, 1.165) is 30.3 Å². The summed E-state index contributed by atoms with van der Waals surface area (Å²) in [5.41, 5.74) is 1.75. The summed E-state index contributed by atoms with van der Waals surface area (Å²) in [6, 6.07) is 10.9. The lowest BCUT2D eigenvalue weighted by Crippen LogP contribution is -2.41. The Labute approximate surface area is 204 Å². The Balaban J connectivity index is 1.25. The number of sulfonamides is 1. The van der Waals surface area contributed by atoms with Gasteiger partial charge in [-0.2, -0.15) is 4.31 Å². The number of fused-ring (bicyclic) bond motifs is 3. The van der Waals surface area contributed by atoms with Crippen LogP contribution >= 0.6 is 34.4 Å². The lowest BCUT2D eigenvalue weighted by Gasteiger charge is -2.30. The minimum atomic E-state index is -3.56. The second-order valence-electron chi connectivity index (χ2n) is 7.86. The van der Waals surface area contributed by atoms with Crippen LogP contribution in [0.15, 0.2) is 46.2 Å². The number of anilines is 1. The van der Waals surface area contributed by atoms with Crippen molar-refractivity contribution in [2.24, 2.45) is 5.92 Å². The first kappa shape index (κ1) is 22.7. The highest BCUT2D eigenvalue weighted by Gasteiger charge is 2.32. The quantitative estimate of drug-likeness (QED) is 0.375. The standard InChI is InChI=1S/C22H22N4O3S4/c1-13-23-19-18(31-13)8-7-17-20(19)32-22(24-17)25-21(27)14-9-11-26(12-10-14)33(28,29)16-5-3-15(30-2)4-6-16/h3-8,14H,9-12H2,1-2H3,(H,24,25,27). The predicted molar refractivity (Wildman–Crippen MR) is 136 cm³/mol. The van der Waals surface area contributed by atoms with Crippen molar-refractivity contribution in [1.29, 1.82) is 0 Å². The van der Waals surface area contributed by atoms with Crippen molar-refractivity contribution in [3.05, 3.63) is 41.4 Å². The van der Waals surface area contributed by atoms with E-state index in [1.165, 1.54) is 15.6 Å². The number of aryl methyl sites for hydroxylation is 1. The highest BCUT2D eigenvalue weighted by atomic mass is 32.2. The molecular formula is C22H22N4O3S4. The van der Waals surface area contributed by atoms with E-state index in [2.05, 4.69) is 15.3 Å². The number of carbonyl (C=O) groups is 1. The van der Waals surface area contributed by atoms with Crippen LogP contribution in [0.2, 0.25) is 0 Å². The van der Waals surface area contributed by atoms with E-state index in [1.54, 1.807) is 35.2 Å². The molecule has 11 heteroatoms. The molecule has 0 unspecified atom stereocenters. The normalized spacial score (nSPS) is 15.9. The molecule has 0 aliphatic carbocycles. The fourth-order valence-corrected chi connectivity index (χ4v) is 7.74. The van der Waals surface area contributed by atoms with E-state index in [0.29, 0.717) is 36.0 Å². The fraction of sp³-hybridized carbons (Fsp3) is 0.318. The van der Waals surface area contributed by atoms with Crippen LogP contribution in [0.5, 0.6) is 0 Å². The SMILES string of the molecule is CSc1ccc(S(=O)(=O)N2CCC(C(=O)Nc3nc4ccc5sc(C)nc5c4s3)CC2)cc1. The number of amides is 1. The number of piperidine rings is 1. The number of aromatic nitrogens is 2. The zero-order valence-electron chi connectivity index (χ0n) is 18.1. The third-order valence-electron chi connectivity index (χ3n) is 5.77. The van der Waals surface area contributed by atoms with E-state index in [9.17, 15) is 13.2 Å². The highest BCUT2D eigenvalue weighted by molar-refractivity contribution is 7.98. The van der Waals surface area contributed by atoms with Crippen LogP contribution in [-0.2, 0) is 14.8 Å². The predicted octanol–water partition coefficient (Wildman–Crippen LogP) is 4.98. The van der Waals surface area contributed by atoms with Gasteiger partial charge in [-0.1, -0.05) is 11.3 Å². The molecule has 0 atom stereocenters. The third kappa shape index (κ3) is 4.40. The lowest BCUT2D eigenvalue weighted by atomic mass is 9.97. The van der Waals surface area contributed by atoms with Crippen LogP contribution in [-0.4, -0.2) is 47.9 Å². The van der Waals surface area contributed by atoms with Crippen LogP contribution in [0.4, 0.5) is 5.13 Å². The molecule has 0 radical (unpaired) electrons. The van der Waals surface area contributed by atoms with Crippen molar-refractivity contribution in [3.8, 4) is 0 Å². The zero-order chi connectivity index (χ0) is 23.2. The van der Waals surface area contributed by atoms with Crippen molar-refractivity contribution < 1.29 is 13.2 Å². The van der Waals surface area contributed by atoms with Crippen LogP contribution in [0.25, 0.3) is 20.4 Å². The molecule has 3 heterocycles. The molecule has 1 aliphatic heterocycles. The van der Waals surface area contributed by atoms with Gasteiger partial charge in [-0.05, 0) is 62.4 Å². The molecule has 7 nitrogen and oxygen atoms in total. The molecular weight excluding hydrogens is 497 g/mol. The minimum absolute atomic E-state index is 0.110. The molecule has 5 rings (SSSR count). The monoisotopic (exact) mass is 518 g/mol. The Kier molecular flexibility index (Phi) is 6.17. The molecule has 0 saturated carbocycles. The third-order valence-corrected chi connectivity index (χ3v) is 10.4. The number of carbonyl (C=O) groups excluding carboxylic acids is 1. The zero-order valence-corrected chi connectivity index (χ0v) is 21.3. The smallest absolute Gasteiger partial charge is 0.243 e. The van der Waals surface area contributed by atoms with Crippen LogP contribution in [0, 0.1) is 12.8 Å². The number of hydrogen-bond acceptors (Lipinski definition) is 8. The minimum Gasteiger partial charge on any atom is -0.302 e. The summed E-state index contributed by atoms with van der Waals surface area (Å²) in [4.78, 5) is 23.4. The van der Waals surface area contributed by atoms with Gasteiger partial charge in [0.2, 0.25) is 15.9 Å². The van der Waals surface area contributed by atoms with Crippen molar-refractivity contribution in [2.45, 2.75) is 29.6 Å². The Hall–Kier alpha value is -2.05. The van der Waals surface area contributed by atoms with Crippen LogP contribution < -0.4 is 5.32 Å². The van der Waals surface area contributed by atoms with Crippen molar-refractivity contribution in [1.82, 2.24) is 14.3 Å². The van der Waals surface area contributed by atoms with E-state index in [-0.39, 0.29) is 11.8 Å². The molecule has 33 heavy (non-hydrogen) atoms. The molecule has 1 amide bonds. The summed E-state index contributed by atoms with van der Waals surface area (Å²) >= 11 is 4.64. The lowest BCUT2D eigenvalue weighted by molar-refractivity contribution is -0.120. The average molecular weight is 519 g/mol. The van der Waals surface area contributed by atoms with Gasteiger partial charge in [0.25, 0.3) is 0 Å². The second kappa shape index (κ2) is 8.95. The Morgan fingerprint density at radius 3 is 2.52 bits per heavy atom. The van der Waals surface area contributed by atoms with Crippen molar-refractivity contribution in [2.75, 3.05) is 24.7 Å². The Bertz CT molecular complexity index is 1440. The van der Waals surface area contributed by atoms with Gasteiger partial charge in [-0.25, -0.2) is 18.4 Å². The molecule has 4 aromatic rings. The van der Waals surface area contributed by atoms with E-state index in [4.69, 9.17) is 0 Å². The molecule has 0 spiro atoms. The molecule has 1 fully saturated rings. The van der Waals surface area contributed by atoms with Gasteiger partial charge in [-0.15, -0.1) is 23.1 Å². The number of nitrogens with zero attached hydrogens (tertiary/aromatic N) is 3. The summed E-state index contributed by atoms with van der Waals surface area (Å²) in [6.45, 7) is 2.62. The van der Waals surface area contributed by atoms with Crippen molar-refractivity contribution >= 4 is 75.9 Å². The van der Waals surface area contributed by atoms with Gasteiger partial charge >= 0.3 is 0 Å². The van der Waals surface area contributed by atoms with E-state index >= 15 is 0 Å². The number of thioether (sulfide) groups is 1. The number of nitrogens with one attached hydrogen (secondary N) is 1. The van der Waals surface area contributed by atoms with Gasteiger partial charge in [-0.3, -0.25) is 4.79 Å². The summed E-state index contributed by atoms with van der Waals surface area (Å²) in [5, 5.41) is 4.50. The molecule has 1 aliphatic rings. The van der Waals surface area contributed by atoms with Gasteiger partial charge in [0, 0.05) is 23.9 Å². The van der Waals surface area contributed by atoms with Crippen LogP contribution in [0.1, 0.15) is 17.8 Å². The maximum absolute atomic E-state index is 13.0. The number of thiazole rings is 2. The largest absolute Gasteiger partial charge is 0.302 e. The van der Waals surface area contributed by atoms with E-state index in [1.807, 2.05) is 37.4 Å². The maximum atomic E-state index is 13.0. The second-order valence-corrected chi connectivity index (χ2v) is 12.9. The number of rotatable bonds is 5. The molecule has 1 saturated heterocycles. The summed E-state index contributed by atoms with van der Waals surface area (Å²) in [5.74, 6) is -0.356. The van der Waals surface area contributed by atoms with Crippen LogP contribution in [0.3, 0.4) is 0 Å². The van der Waals surface area contributed by atoms with E-state index < -0.39 is 10.0 Å². The first-order valence-corrected chi connectivity index (χ1v) is 14.8.